The molecule has 90 valence electrons. The highest BCUT2D eigenvalue weighted by atomic mass is 32.2. The fourth-order valence-electron chi connectivity index (χ4n) is 1.28. The van der Waals surface area contributed by atoms with E-state index < -0.39 is 0 Å². The summed E-state index contributed by atoms with van der Waals surface area (Å²) in [7, 11) is 0. The molecule has 0 saturated heterocycles. The topological polar surface area (TPSA) is 84.7 Å². The van der Waals surface area contributed by atoms with Gasteiger partial charge in [0.1, 0.15) is 0 Å². The van der Waals surface area contributed by atoms with Gasteiger partial charge in [-0.25, -0.2) is 5.10 Å². The van der Waals surface area contributed by atoms with Crippen LogP contribution in [0.2, 0.25) is 0 Å². The van der Waals surface area contributed by atoms with Crippen LogP contribution < -0.4 is 5.73 Å². The monoisotopic (exact) mass is 268 g/mol. The Morgan fingerprint density at radius 2 is 2.47 bits per heavy atom. The molecule has 0 aliphatic rings. The maximum absolute atomic E-state index is 11.7. The van der Waals surface area contributed by atoms with E-state index in [4.69, 9.17) is 5.73 Å². The number of H-pyrrole nitrogens is 1. The van der Waals surface area contributed by atoms with E-state index >= 15 is 0 Å². The zero-order valence-electron chi connectivity index (χ0n) is 9.05. The molecule has 5 nitrogen and oxygen atoms in total. The number of carbonyl (C=O) groups is 1. The Hall–Kier alpha value is -1.34. The second-order valence-corrected chi connectivity index (χ2v) is 5.37. The van der Waals surface area contributed by atoms with Crippen molar-refractivity contribution in [1.29, 1.82) is 0 Å². The summed E-state index contributed by atoms with van der Waals surface area (Å²) in [5.74, 6) is 1.34. The number of thiophene rings is 1. The Labute approximate surface area is 107 Å². The molecule has 0 aliphatic heterocycles. The second kappa shape index (κ2) is 5.83. The zero-order chi connectivity index (χ0) is 12.1. The SMILES string of the molecule is Nc1nc(SCCCC(=O)c2cccs2)n[nH]1. The van der Waals surface area contributed by atoms with E-state index in [9.17, 15) is 4.79 Å². The average molecular weight is 268 g/mol. The third kappa shape index (κ3) is 3.57. The van der Waals surface area contributed by atoms with E-state index in [0.717, 1.165) is 17.1 Å². The number of hydrogen-bond donors (Lipinski definition) is 2. The first kappa shape index (κ1) is 12.1. The lowest BCUT2D eigenvalue weighted by molar-refractivity contribution is 0.0986. The van der Waals surface area contributed by atoms with Crippen molar-refractivity contribution < 1.29 is 4.79 Å². The van der Waals surface area contributed by atoms with Gasteiger partial charge < -0.3 is 5.73 Å². The predicted molar refractivity (Wildman–Crippen MR) is 69.4 cm³/mol. The largest absolute Gasteiger partial charge is 0.368 e. The quantitative estimate of drug-likeness (QED) is 0.476. The average Bonchev–Trinajstić information content (AvgIpc) is 2.95. The van der Waals surface area contributed by atoms with Crippen LogP contribution in [0.25, 0.3) is 0 Å². The van der Waals surface area contributed by atoms with Gasteiger partial charge in [-0.3, -0.25) is 4.79 Å². The molecule has 3 N–H and O–H groups in total. The van der Waals surface area contributed by atoms with Crippen molar-refractivity contribution in [3.05, 3.63) is 22.4 Å². The Balaban J connectivity index is 1.68. The number of nitrogens with one attached hydrogen (secondary N) is 1. The molecule has 17 heavy (non-hydrogen) atoms. The number of rotatable bonds is 6. The number of carbonyl (C=O) groups excluding carboxylic acids is 1. The molecule has 2 rings (SSSR count). The maximum Gasteiger partial charge on any atom is 0.216 e. The van der Waals surface area contributed by atoms with Crippen molar-refractivity contribution in [2.75, 3.05) is 11.5 Å². The van der Waals surface area contributed by atoms with Crippen LogP contribution in [0.4, 0.5) is 5.95 Å². The van der Waals surface area contributed by atoms with Gasteiger partial charge in [0.05, 0.1) is 4.88 Å². The molecule has 7 heteroatoms. The summed E-state index contributed by atoms with van der Waals surface area (Å²) in [5, 5.41) is 9.02. The van der Waals surface area contributed by atoms with E-state index in [1.807, 2.05) is 17.5 Å². The summed E-state index contributed by atoms with van der Waals surface area (Å²) in [6.45, 7) is 0. The highest BCUT2D eigenvalue weighted by Crippen LogP contribution is 2.17. The molecular weight excluding hydrogens is 256 g/mol. The molecule has 2 heterocycles. The van der Waals surface area contributed by atoms with Crippen LogP contribution in [0.3, 0.4) is 0 Å². The second-order valence-electron chi connectivity index (χ2n) is 3.36. The van der Waals surface area contributed by atoms with Gasteiger partial charge in [0, 0.05) is 12.2 Å². The number of hydrogen-bond acceptors (Lipinski definition) is 6. The normalized spacial score (nSPS) is 10.6. The highest BCUT2D eigenvalue weighted by Gasteiger charge is 2.07. The number of thioether (sulfide) groups is 1. The van der Waals surface area contributed by atoms with E-state index in [2.05, 4.69) is 15.2 Å². The van der Waals surface area contributed by atoms with Crippen molar-refractivity contribution >= 4 is 34.8 Å². The van der Waals surface area contributed by atoms with Crippen molar-refractivity contribution in [2.24, 2.45) is 0 Å². The molecule has 2 aromatic heterocycles. The first-order valence-corrected chi connectivity index (χ1v) is 6.99. The van der Waals surface area contributed by atoms with Gasteiger partial charge in [0.25, 0.3) is 0 Å². The van der Waals surface area contributed by atoms with E-state index in [-0.39, 0.29) is 5.78 Å². The Bertz CT molecular complexity index is 480. The molecule has 0 spiro atoms. The van der Waals surface area contributed by atoms with Crippen molar-refractivity contribution in [2.45, 2.75) is 18.0 Å². The Morgan fingerprint density at radius 3 is 3.12 bits per heavy atom. The van der Waals surface area contributed by atoms with Gasteiger partial charge in [0.15, 0.2) is 5.78 Å². The van der Waals surface area contributed by atoms with Crippen LogP contribution in [0.5, 0.6) is 0 Å². The van der Waals surface area contributed by atoms with E-state index in [1.165, 1.54) is 23.1 Å². The molecule has 0 saturated carbocycles. The van der Waals surface area contributed by atoms with Gasteiger partial charge in [0.2, 0.25) is 11.1 Å². The number of Topliss-reactive ketones (excluding diaryl/α,β-unsaturated/α-hetero) is 1. The molecule has 0 fully saturated rings. The molecular formula is C10H12N4OS2. The molecule has 0 unspecified atom stereocenters. The number of nitrogen functional groups attached to an aromatic ring is 1. The lowest BCUT2D eigenvalue weighted by atomic mass is 10.2. The zero-order valence-corrected chi connectivity index (χ0v) is 10.7. The molecule has 0 aromatic carbocycles. The van der Waals surface area contributed by atoms with Crippen LogP contribution in [-0.2, 0) is 0 Å². The summed E-state index contributed by atoms with van der Waals surface area (Å²) >= 11 is 2.98. The summed E-state index contributed by atoms with van der Waals surface area (Å²) in [4.78, 5) is 16.5. The first-order chi connectivity index (χ1) is 8.25. The van der Waals surface area contributed by atoms with Crippen LogP contribution in [-0.4, -0.2) is 26.7 Å². The minimum atomic E-state index is 0.204. The minimum absolute atomic E-state index is 0.204. The molecule has 0 radical (unpaired) electrons. The molecule has 0 bridgehead atoms. The van der Waals surface area contributed by atoms with Crippen molar-refractivity contribution in [3.63, 3.8) is 0 Å². The van der Waals surface area contributed by atoms with Gasteiger partial charge in [-0.1, -0.05) is 17.8 Å². The Morgan fingerprint density at radius 1 is 1.59 bits per heavy atom. The van der Waals surface area contributed by atoms with Gasteiger partial charge in [-0.05, 0) is 17.9 Å². The van der Waals surface area contributed by atoms with Crippen LogP contribution in [0.15, 0.2) is 22.7 Å². The number of anilines is 1. The van der Waals surface area contributed by atoms with Crippen LogP contribution in [0.1, 0.15) is 22.5 Å². The summed E-state index contributed by atoms with van der Waals surface area (Å²) in [6, 6.07) is 3.75. The highest BCUT2D eigenvalue weighted by molar-refractivity contribution is 7.99. The lowest BCUT2D eigenvalue weighted by Gasteiger charge is -1.97. The van der Waals surface area contributed by atoms with E-state index in [0.29, 0.717) is 17.5 Å². The van der Waals surface area contributed by atoms with Gasteiger partial charge in [-0.15, -0.1) is 16.4 Å². The van der Waals surface area contributed by atoms with Gasteiger partial charge in [-0.2, -0.15) is 4.98 Å². The summed E-state index contributed by atoms with van der Waals surface area (Å²) in [5.41, 5.74) is 5.40. The van der Waals surface area contributed by atoms with Crippen LogP contribution >= 0.6 is 23.1 Å². The first-order valence-electron chi connectivity index (χ1n) is 5.13. The van der Waals surface area contributed by atoms with Crippen molar-refractivity contribution in [3.8, 4) is 0 Å². The van der Waals surface area contributed by atoms with Crippen LogP contribution in [0, 0.1) is 0 Å². The van der Waals surface area contributed by atoms with Crippen molar-refractivity contribution in [1.82, 2.24) is 15.2 Å². The number of aromatic amines is 1. The number of nitrogens with zero attached hydrogens (tertiary/aromatic N) is 2. The predicted octanol–water partition coefficient (Wildman–Crippen LogP) is 2.20. The Kier molecular flexibility index (Phi) is 4.16. The van der Waals surface area contributed by atoms with E-state index in [1.54, 1.807) is 0 Å². The lowest BCUT2D eigenvalue weighted by Crippen LogP contribution is -1.96. The fourth-order valence-corrected chi connectivity index (χ4v) is 2.72. The number of aromatic nitrogens is 3. The molecule has 2 aromatic rings. The third-order valence-electron chi connectivity index (χ3n) is 2.06. The standard InChI is InChI=1S/C10H12N4OS2/c11-9-12-10(14-13-9)17-6-1-3-7(15)8-4-2-5-16-8/h2,4-5H,1,3,6H2,(H3,11,12,13,14). The van der Waals surface area contributed by atoms with Gasteiger partial charge >= 0.3 is 0 Å². The molecule has 0 aliphatic carbocycles. The molecule has 0 atom stereocenters. The number of nitrogens with two attached hydrogens (primary N) is 1. The minimum Gasteiger partial charge on any atom is -0.368 e. The third-order valence-corrected chi connectivity index (χ3v) is 3.90. The number of ketones is 1. The summed E-state index contributed by atoms with van der Waals surface area (Å²) < 4.78 is 0. The fraction of sp³-hybridized carbons (Fsp3) is 0.300. The molecule has 0 amide bonds. The summed E-state index contributed by atoms with van der Waals surface area (Å²) in [6.07, 6.45) is 1.38. The smallest absolute Gasteiger partial charge is 0.216 e. The maximum atomic E-state index is 11.7.